The van der Waals surface area contributed by atoms with Crippen LogP contribution in [0.4, 0.5) is 0 Å². The van der Waals surface area contributed by atoms with Crippen LogP contribution in [0.15, 0.2) is 39.5 Å². The Labute approximate surface area is 246 Å². The molecule has 2 aliphatic rings. The third-order valence-electron chi connectivity index (χ3n) is 7.38. The van der Waals surface area contributed by atoms with E-state index in [4.69, 9.17) is 23.4 Å². The average molecular weight is 627 g/mol. The first-order valence-electron chi connectivity index (χ1n) is 13.2. The molecule has 0 amide bonds. The lowest BCUT2D eigenvalue weighted by atomic mass is 9.97. The summed E-state index contributed by atoms with van der Waals surface area (Å²) < 4.78 is 27.9. The molecule has 11 N–H and O–H groups in total. The van der Waals surface area contributed by atoms with Gasteiger partial charge in [-0.1, -0.05) is 0 Å². The topological polar surface area (TPSA) is 290 Å². The van der Waals surface area contributed by atoms with Crippen LogP contribution in [0.5, 0.6) is 28.7 Å². The third kappa shape index (κ3) is 5.61. The van der Waals surface area contributed by atoms with Crippen molar-refractivity contribution in [3.05, 3.63) is 40.6 Å². The van der Waals surface area contributed by atoms with Gasteiger partial charge in [0.15, 0.2) is 29.7 Å². The molecule has 2 aliphatic heterocycles. The minimum absolute atomic E-state index is 0.0193. The number of hydrogen-bond acceptors (Lipinski definition) is 17. The number of fused-ring (bicyclic) bond motifs is 1. The van der Waals surface area contributed by atoms with Crippen LogP contribution in [0.2, 0.25) is 0 Å². The summed E-state index contributed by atoms with van der Waals surface area (Å²) in [6.07, 6.45) is -17.2. The van der Waals surface area contributed by atoms with E-state index in [9.17, 15) is 61.0 Å². The molecule has 3 heterocycles. The van der Waals surface area contributed by atoms with Crippen molar-refractivity contribution in [3.8, 4) is 40.1 Å². The number of phenols is 3. The van der Waals surface area contributed by atoms with Crippen LogP contribution in [0, 0.1) is 0 Å². The Morgan fingerprint density at radius 2 is 1.34 bits per heavy atom. The second-order valence-electron chi connectivity index (χ2n) is 10.3. The number of phenolic OH excluding ortho intramolecular Hbond substituents is 3. The first-order valence-corrected chi connectivity index (χ1v) is 13.2. The van der Waals surface area contributed by atoms with Gasteiger partial charge in [0.1, 0.15) is 65.2 Å². The van der Waals surface area contributed by atoms with E-state index in [0.29, 0.717) is 0 Å². The van der Waals surface area contributed by atoms with Gasteiger partial charge in [-0.3, -0.25) is 4.79 Å². The molecule has 0 spiro atoms. The van der Waals surface area contributed by atoms with Gasteiger partial charge >= 0.3 is 0 Å². The SMILES string of the molecule is O=c1c(O)c(-c2ccc(O)c(O)c2)oc2cc(O[C@@H]3O[C@H](CO)[C@@H](O)[C@H](O)[C@H]3O[C@@H]3O[C@H](CO)[C@@H](O)[C@H](O)[C@H]3O)cc(O)c12. The van der Waals surface area contributed by atoms with Gasteiger partial charge in [-0.25, -0.2) is 0 Å². The summed E-state index contributed by atoms with van der Waals surface area (Å²) in [5.41, 5.74) is -1.42. The van der Waals surface area contributed by atoms with Gasteiger partial charge < -0.3 is 79.5 Å². The van der Waals surface area contributed by atoms with Crippen molar-refractivity contribution in [2.45, 2.75) is 61.4 Å². The Balaban J connectivity index is 1.51. The van der Waals surface area contributed by atoms with E-state index in [0.717, 1.165) is 24.3 Å². The first kappa shape index (κ1) is 31.7. The van der Waals surface area contributed by atoms with Crippen molar-refractivity contribution in [3.63, 3.8) is 0 Å². The number of ether oxygens (including phenoxy) is 4. The number of aromatic hydroxyl groups is 4. The maximum Gasteiger partial charge on any atom is 0.238 e. The Bertz CT molecular complexity index is 1560. The molecule has 0 aliphatic carbocycles. The molecule has 1 aromatic heterocycles. The van der Waals surface area contributed by atoms with Gasteiger partial charge in [-0.2, -0.15) is 0 Å². The average Bonchev–Trinajstić information content (AvgIpc) is 2.99. The summed E-state index contributed by atoms with van der Waals surface area (Å²) in [5, 5.41) is 111. The Morgan fingerprint density at radius 3 is 1.98 bits per heavy atom. The van der Waals surface area contributed by atoms with Gasteiger partial charge in [-0.05, 0) is 18.2 Å². The molecule has 0 unspecified atom stereocenters. The summed E-state index contributed by atoms with van der Waals surface area (Å²) in [6, 6.07) is 5.33. The number of benzene rings is 2. The van der Waals surface area contributed by atoms with Gasteiger partial charge in [0.05, 0.1) is 13.2 Å². The largest absolute Gasteiger partial charge is 0.507 e. The van der Waals surface area contributed by atoms with E-state index in [2.05, 4.69) is 0 Å². The molecule has 0 saturated carbocycles. The smallest absolute Gasteiger partial charge is 0.238 e. The fourth-order valence-electron chi connectivity index (χ4n) is 4.96. The molecule has 2 saturated heterocycles. The van der Waals surface area contributed by atoms with Crippen LogP contribution < -0.4 is 10.2 Å². The summed E-state index contributed by atoms with van der Waals surface area (Å²) in [4.78, 5) is 12.9. The van der Waals surface area contributed by atoms with E-state index in [1.165, 1.54) is 6.07 Å². The Kier molecular flexibility index (Phi) is 8.87. The molecule has 0 radical (unpaired) electrons. The van der Waals surface area contributed by atoms with Crippen molar-refractivity contribution in [1.29, 1.82) is 0 Å². The number of aliphatic hydroxyl groups is 7. The van der Waals surface area contributed by atoms with Gasteiger partial charge in [0.25, 0.3) is 0 Å². The maximum absolute atomic E-state index is 12.9. The maximum atomic E-state index is 12.9. The molecule has 2 aromatic carbocycles. The fourth-order valence-corrected chi connectivity index (χ4v) is 4.96. The van der Waals surface area contributed by atoms with Gasteiger partial charge in [0, 0.05) is 17.7 Å². The predicted octanol–water partition coefficient (Wildman–Crippen LogP) is -2.71. The molecule has 10 atom stereocenters. The minimum atomic E-state index is -1.90. The number of hydrogen-bond donors (Lipinski definition) is 11. The fraction of sp³-hybridized carbons (Fsp3) is 0.444. The van der Waals surface area contributed by atoms with Gasteiger partial charge in [0.2, 0.25) is 17.5 Å². The second-order valence-corrected chi connectivity index (χ2v) is 10.3. The summed E-state index contributed by atoms with van der Waals surface area (Å²) >= 11 is 0. The Hall–Kier alpha value is -3.75. The molecular weight excluding hydrogens is 596 g/mol. The van der Waals surface area contributed by atoms with E-state index in [1.807, 2.05) is 0 Å². The molecule has 17 nitrogen and oxygen atoms in total. The van der Waals surface area contributed by atoms with E-state index in [1.54, 1.807) is 0 Å². The number of rotatable bonds is 7. The lowest BCUT2D eigenvalue weighted by Gasteiger charge is -2.45. The van der Waals surface area contributed by atoms with Crippen LogP contribution in [-0.2, 0) is 14.2 Å². The minimum Gasteiger partial charge on any atom is -0.507 e. The summed E-state index contributed by atoms with van der Waals surface area (Å²) in [7, 11) is 0. The van der Waals surface area contributed by atoms with Crippen LogP contribution in [0.25, 0.3) is 22.3 Å². The highest BCUT2D eigenvalue weighted by atomic mass is 16.8. The van der Waals surface area contributed by atoms with Crippen LogP contribution in [0.1, 0.15) is 0 Å². The van der Waals surface area contributed by atoms with Crippen LogP contribution >= 0.6 is 0 Å². The zero-order valence-corrected chi connectivity index (χ0v) is 22.4. The summed E-state index contributed by atoms with van der Waals surface area (Å²) in [6.45, 7) is -1.59. The monoisotopic (exact) mass is 626 g/mol. The molecule has 3 aromatic rings. The molecular formula is C27H30O17. The number of aliphatic hydroxyl groups excluding tert-OH is 7. The molecule has 44 heavy (non-hydrogen) atoms. The van der Waals surface area contributed by atoms with Crippen molar-refractivity contribution in [2.75, 3.05) is 13.2 Å². The highest BCUT2D eigenvalue weighted by Crippen LogP contribution is 2.39. The van der Waals surface area contributed by atoms with E-state index >= 15 is 0 Å². The highest BCUT2D eigenvalue weighted by Gasteiger charge is 2.51. The van der Waals surface area contributed by atoms with E-state index < -0.39 is 114 Å². The zero-order valence-electron chi connectivity index (χ0n) is 22.4. The molecule has 2 fully saturated rings. The summed E-state index contributed by atoms with van der Waals surface area (Å²) in [5.74, 6) is -3.45. The molecule has 240 valence electrons. The quantitative estimate of drug-likeness (QED) is 0.119. The highest BCUT2D eigenvalue weighted by molar-refractivity contribution is 5.88. The van der Waals surface area contributed by atoms with E-state index in [-0.39, 0.29) is 16.9 Å². The standard InChI is InChI=1S/C27H30O17/c28-6-14-17(33)20(36)23(39)26(42-14)44-25-21(37)18(34)15(7-29)43-27(25)40-9-4-12(32)16-13(5-9)41-24(22(38)19(16)35)8-1-2-10(30)11(31)3-8/h1-5,14-15,17-18,20-21,23,25-34,36-39H,6-7H2/t14-,15-,17-,18-,20+,21+,23-,25-,26+,27-/m1/s1. The second kappa shape index (κ2) is 12.3. The first-order chi connectivity index (χ1) is 20.9. The van der Waals surface area contributed by atoms with Crippen molar-refractivity contribution in [2.24, 2.45) is 0 Å². The lowest BCUT2D eigenvalue weighted by Crippen LogP contribution is -2.65. The molecule has 17 heteroatoms. The third-order valence-corrected chi connectivity index (χ3v) is 7.38. The molecule has 5 rings (SSSR count). The van der Waals surface area contributed by atoms with Crippen molar-refractivity contribution < 1.29 is 79.5 Å². The normalized spacial score (nSPS) is 32.5. The van der Waals surface area contributed by atoms with Gasteiger partial charge in [-0.15, -0.1) is 0 Å². The predicted molar refractivity (Wildman–Crippen MR) is 142 cm³/mol. The lowest BCUT2D eigenvalue weighted by molar-refractivity contribution is -0.357. The van der Waals surface area contributed by atoms with Crippen molar-refractivity contribution in [1.82, 2.24) is 0 Å². The zero-order chi connectivity index (χ0) is 32.0. The molecule has 0 bridgehead atoms. The van der Waals surface area contributed by atoms with Crippen LogP contribution in [-0.4, -0.2) is 131 Å². The Morgan fingerprint density at radius 1 is 0.705 bits per heavy atom. The van der Waals surface area contributed by atoms with Crippen molar-refractivity contribution >= 4 is 11.0 Å². The van der Waals surface area contributed by atoms with Crippen LogP contribution in [0.3, 0.4) is 0 Å².